The van der Waals surface area contributed by atoms with Crippen molar-refractivity contribution in [3.05, 3.63) is 47.4 Å². The second-order valence-corrected chi connectivity index (χ2v) is 5.44. The van der Waals surface area contributed by atoms with E-state index in [0.717, 1.165) is 18.3 Å². The molecule has 0 amide bonds. The van der Waals surface area contributed by atoms with E-state index in [1.807, 2.05) is 0 Å². The van der Waals surface area contributed by atoms with Gasteiger partial charge in [-0.15, -0.1) is 0 Å². The van der Waals surface area contributed by atoms with Crippen molar-refractivity contribution in [3.8, 4) is 5.82 Å². The highest BCUT2D eigenvalue weighted by atomic mass is 19.4. The van der Waals surface area contributed by atoms with Crippen LogP contribution in [0.15, 0.2) is 30.6 Å². The number of aryl methyl sites for hydroxylation is 2. The number of hydrogen-bond acceptors (Lipinski definition) is 3. The van der Waals surface area contributed by atoms with E-state index in [0.29, 0.717) is 28.1 Å². The molecule has 130 valence electrons. The molecule has 0 saturated carbocycles. The fraction of sp³-hybridized carbons (Fsp3) is 0.188. The van der Waals surface area contributed by atoms with E-state index in [-0.39, 0.29) is 0 Å². The van der Waals surface area contributed by atoms with Crippen LogP contribution in [-0.2, 0) is 18.0 Å². The normalized spacial score (nSPS) is 12.4. The van der Waals surface area contributed by atoms with E-state index in [2.05, 4.69) is 10.1 Å². The van der Waals surface area contributed by atoms with Crippen LogP contribution in [-0.4, -0.2) is 30.4 Å². The molecule has 1 N–H and O–H groups in total. The van der Waals surface area contributed by atoms with Crippen LogP contribution in [0.3, 0.4) is 0 Å². The lowest BCUT2D eigenvalue weighted by atomic mass is 10.2. The molecule has 3 heterocycles. The van der Waals surface area contributed by atoms with Crippen molar-refractivity contribution in [1.82, 2.24) is 19.3 Å². The van der Waals surface area contributed by atoms with Crippen molar-refractivity contribution in [2.24, 2.45) is 7.05 Å². The predicted molar refractivity (Wildman–Crippen MR) is 84.2 cm³/mol. The van der Waals surface area contributed by atoms with E-state index in [1.165, 1.54) is 16.8 Å². The molecule has 0 aliphatic rings. The van der Waals surface area contributed by atoms with Gasteiger partial charge in [0.15, 0.2) is 0 Å². The molecule has 0 aliphatic carbocycles. The summed E-state index contributed by atoms with van der Waals surface area (Å²) >= 11 is 0. The van der Waals surface area contributed by atoms with Gasteiger partial charge in [-0.05, 0) is 25.1 Å². The molecule has 0 spiro atoms. The highest BCUT2D eigenvalue weighted by Crippen LogP contribution is 2.31. The Morgan fingerprint density at radius 1 is 1.36 bits per heavy atom. The first-order valence-corrected chi connectivity index (χ1v) is 7.18. The smallest absolute Gasteiger partial charge is 0.417 e. The largest absolute Gasteiger partial charge is 0.478 e. The SMILES string of the molecule is Cc1nn(C)c(-n2ccc3cc(C(F)(F)F)cnc32)c1C=CC(=O)O. The average molecular weight is 350 g/mol. The first-order chi connectivity index (χ1) is 11.7. The molecular weight excluding hydrogens is 337 g/mol. The second-order valence-electron chi connectivity index (χ2n) is 5.44. The molecule has 3 aromatic rings. The lowest BCUT2D eigenvalue weighted by Gasteiger charge is -2.09. The highest BCUT2D eigenvalue weighted by molar-refractivity contribution is 5.87. The van der Waals surface area contributed by atoms with Crippen molar-refractivity contribution in [2.45, 2.75) is 13.1 Å². The summed E-state index contributed by atoms with van der Waals surface area (Å²) in [6, 6.07) is 2.54. The number of pyridine rings is 1. The third kappa shape index (κ3) is 3.00. The number of alkyl halides is 3. The van der Waals surface area contributed by atoms with Crippen LogP contribution in [0.2, 0.25) is 0 Å². The number of rotatable bonds is 3. The van der Waals surface area contributed by atoms with Gasteiger partial charge in [0.05, 0.1) is 11.3 Å². The fourth-order valence-corrected chi connectivity index (χ4v) is 2.65. The topological polar surface area (TPSA) is 72.9 Å². The van der Waals surface area contributed by atoms with Gasteiger partial charge >= 0.3 is 12.1 Å². The van der Waals surface area contributed by atoms with Gasteiger partial charge in [0.25, 0.3) is 0 Å². The highest BCUT2D eigenvalue weighted by Gasteiger charge is 2.31. The number of carboxylic acid groups (broad SMARTS) is 1. The summed E-state index contributed by atoms with van der Waals surface area (Å²) in [6.45, 7) is 1.71. The van der Waals surface area contributed by atoms with Crippen molar-refractivity contribution < 1.29 is 23.1 Å². The minimum atomic E-state index is -4.47. The van der Waals surface area contributed by atoms with Gasteiger partial charge in [0.1, 0.15) is 11.5 Å². The molecular formula is C16H13F3N4O2. The van der Waals surface area contributed by atoms with E-state index < -0.39 is 17.7 Å². The van der Waals surface area contributed by atoms with Crippen LogP contribution in [0.5, 0.6) is 0 Å². The number of carboxylic acids is 1. The first kappa shape index (κ1) is 16.7. The summed E-state index contributed by atoms with van der Waals surface area (Å²) < 4.78 is 41.6. The molecule has 0 aromatic carbocycles. The van der Waals surface area contributed by atoms with Gasteiger partial charge in [0, 0.05) is 36.5 Å². The maximum atomic E-state index is 12.8. The van der Waals surface area contributed by atoms with Gasteiger partial charge < -0.3 is 5.11 Å². The Morgan fingerprint density at radius 3 is 2.72 bits per heavy atom. The van der Waals surface area contributed by atoms with Crippen LogP contribution < -0.4 is 0 Å². The molecule has 6 nitrogen and oxygen atoms in total. The number of nitrogens with zero attached hydrogens (tertiary/aromatic N) is 4. The summed E-state index contributed by atoms with van der Waals surface area (Å²) in [4.78, 5) is 14.7. The molecule has 25 heavy (non-hydrogen) atoms. The third-order valence-corrected chi connectivity index (χ3v) is 3.71. The summed E-state index contributed by atoms with van der Waals surface area (Å²) in [7, 11) is 1.66. The summed E-state index contributed by atoms with van der Waals surface area (Å²) in [5, 5.41) is 13.4. The van der Waals surface area contributed by atoms with Crippen LogP contribution in [0.4, 0.5) is 13.2 Å². The first-order valence-electron chi connectivity index (χ1n) is 7.18. The second kappa shape index (κ2) is 5.76. The fourth-order valence-electron chi connectivity index (χ4n) is 2.65. The minimum absolute atomic E-state index is 0.320. The van der Waals surface area contributed by atoms with Crippen LogP contribution in [0.25, 0.3) is 22.9 Å². The number of aromatic nitrogens is 4. The lowest BCUT2D eigenvalue weighted by molar-refractivity contribution is -0.137. The Bertz CT molecular complexity index is 999. The lowest BCUT2D eigenvalue weighted by Crippen LogP contribution is -2.07. The zero-order valence-electron chi connectivity index (χ0n) is 13.2. The zero-order valence-corrected chi connectivity index (χ0v) is 13.2. The number of carbonyl (C=O) groups is 1. The standard InChI is InChI=1S/C16H13F3N4O2/c1-9-12(3-4-13(24)25)15(22(2)21-9)23-6-5-10-7-11(16(17,18)19)8-20-14(10)23/h3-8H,1-2H3,(H,24,25). The van der Waals surface area contributed by atoms with Crippen LogP contribution in [0.1, 0.15) is 16.8 Å². The number of aliphatic carboxylic acids is 1. The van der Waals surface area contributed by atoms with Gasteiger partial charge in [-0.25, -0.2) is 9.78 Å². The van der Waals surface area contributed by atoms with Crippen LogP contribution in [0, 0.1) is 6.92 Å². The van der Waals surface area contributed by atoms with Crippen LogP contribution >= 0.6 is 0 Å². The summed E-state index contributed by atoms with van der Waals surface area (Å²) in [5.74, 6) is -0.600. The Labute approximate surface area is 139 Å². The molecule has 0 aliphatic heterocycles. The van der Waals surface area contributed by atoms with Crippen molar-refractivity contribution in [2.75, 3.05) is 0 Å². The van der Waals surface area contributed by atoms with Crippen molar-refractivity contribution in [3.63, 3.8) is 0 Å². The van der Waals surface area contributed by atoms with Crippen molar-refractivity contribution >= 4 is 23.1 Å². The molecule has 3 aromatic heterocycles. The quantitative estimate of drug-likeness (QED) is 0.737. The monoisotopic (exact) mass is 350 g/mol. The molecule has 3 rings (SSSR count). The van der Waals surface area contributed by atoms with Crippen molar-refractivity contribution in [1.29, 1.82) is 0 Å². The maximum Gasteiger partial charge on any atom is 0.417 e. The molecule has 0 atom stereocenters. The number of halogens is 3. The van der Waals surface area contributed by atoms with Gasteiger partial charge in [0.2, 0.25) is 0 Å². The molecule has 0 radical (unpaired) electrons. The molecule has 0 fully saturated rings. The van der Waals surface area contributed by atoms with Gasteiger partial charge in [-0.1, -0.05) is 0 Å². The average Bonchev–Trinajstić information content (AvgIpc) is 3.03. The Balaban J connectivity index is 2.19. The number of fused-ring (bicyclic) bond motifs is 1. The Morgan fingerprint density at radius 2 is 2.08 bits per heavy atom. The Hall–Kier alpha value is -3.10. The molecule has 0 unspecified atom stereocenters. The summed E-state index contributed by atoms with van der Waals surface area (Å²) in [5.41, 5.74) is 0.624. The van der Waals surface area contributed by atoms with E-state index >= 15 is 0 Å². The maximum absolute atomic E-state index is 12.8. The summed E-state index contributed by atoms with van der Waals surface area (Å²) in [6.07, 6.45) is 0.257. The predicted octanol–water partition coefficient (Wildman–Crippen LogP) is 3.18. The van der Waals surface area contributed by atoms with E-state index in [4.69, 9.17) is 5.11 Å². The molecule has 0 saturated heterocycles. The Kier molecular flexibility index (Phi) is 3.86. The van der Waals surface area contributed by atoms with E-state index in [1.54, 1.807) is 24.7 Å². The van der Waals surface area contributed by atoms with E-state index in [9.17, 15) is 18.0 Å². The van der Waals surface area contributed by atoms with Gasteiger partial charge in [-0.2, -0.15) is 18.3 Å². The minimum Gasteiger partial charge on any atom is -0.478 e. The molecule has 0 bridgehead atoms. The third-order valence-electron chi connectivity index (χ3n) is 3.71. The molecule has 9 heteroatoms. The van der Waals surface area contributed by atoms with Gasteiger partial charge in [-0.3, -0.25) is 9.25 Å². The number of hydrogen-bond donors (Lipinski definition) is 1. The zero-order chi connectivity index (χ0) is 18.4.